The summed E-state index contributed by atoms with van der Waals surface area (Å²) in [4.78, 5) is 5.26. The lowest BCUT2D eigenvalue weighted by atomic mass is 10.00. The van der Waals surface area contributed by atoms with Crippen molar-refractivity contribution >= 4 is 11.3 Å². The fraction of sp³-hybridized carbons (Fsp3) is 0.400. The molecule has 1 aromatic heterocycles. The Bertz CT molecular complexity index is 511. The molecule has 1 unspecified atom stereocenters. The first-order valence-corrected chi connectivity index (χ1v) is 7.46. The fourth-order valence-electron chi connectivity index (χ4n) is 2.09. The van der Waals surface area contributed by atoms with E-state index in [0.29, 0.717) is 5.56 Å². The van der Waals surface area contributed by atoms with Gasteiger partial charge in [0.1, 0.15) is 5.82 Å². The second kappa shape index (κ2) is 6.78. The lowest BCUT2D eigenvalue weighted by Crippen LogP contribution is -2.25. The molecule has 0 aliphatic carbocycles. The molecular weight excluding hydrogens is 259 g/mol. The molecular formula is C15H19FN2S. The number of benzene rings is 1. The SMILES string of the molecule is CCCNC(Cc1cncs1)c1cccc(C)c1F. The summed E-state index contributed by atoms with van der Waals surface area (Å²) in [6.45, 7) is 4.81. The normalized spacial score (nSPS) is 12.6. The van der Waals surface area contributed by atoms with Crippen LogP contribution in [0, 0.1) is 12.7 Å². The van der Waals surface area contributed by atoms with Crippen molar-refractivity contribution in [3.63, 3.8) is 0 Å². The van der Waals surface area contributed by atoms with Crippen LogP contribution >= 0.6 is 11.3 Å². The van der Waals surface area contributed by atoms with Crippen LogP contribution in [0.15, 0.2) is 29.9 Å². The van der Waals surface area contributed by atoms with Crippen LogP contribution in [0.3, 0.4) is 0 Å². The Balaban J connectivity index is 2.23. The summed E-state index contributed by atoms with van der Waals surface area (Å²) in [5.41, 5.74) is 3.27. The highest BCUT2D eigenvalue weighted by atomic mass is 32.1. The predicted octanol–water partition coefficient (Wildman–Crippen LogP) is 3.87. The van der Waals surface area contributed by atoms with Crippen LogP contribution in [-0.2, 0) is 6.42 Å². The van der Waals surface area contributed by atoms with E-state index in [1.807, 2.05) is 36.8 Å². The van der Waals surface area contributed by atoms with E-state index in [1.165, 1.54) is 4.88 Å². The van der Waals surface area contributed by atoms with Gasteiger partial charge in [0, 0.05) is 29.1 Å². The van der Waals surface area contributed by atoms with Gasteiger partial charge in [0.2, 0.25) is 0 Å². The molecule has 2 rings (SSSR count). The molecule has 0 fully saturated rings. The lowest BCUT2D eigenvalue weighted by Gasteiger charge is -2.19. The van der Waals surface area contributed by atoms with Gasteiger partial charge in [-0.1, -0.05) is 25.1 Å². The third kappa shape index (κ3) is 3.61. The Morgan fingerprint density at radius 1 is 1.42 bits per heavy atom. The van der Waals surface area contributed by atoms with Crippen molar-refractivity contribution in [2.45, 2.75) is 32.7 Å². The molecule has 4 heteroatoms. The summed E-state index contributed by atoms with van der Waals surface area (Å²) in [5, 5.41) is 3.43. The molecule has 2 nitrogen and oxygen atoms in total. The van der Waals surface area contributed by atoms with Crippen LogP contribution in [-0.4, -0.2) is 11.5 Å². The number of hydrogen-bond donors (Lipinski definition) is 1. The second-order valence-electron chi connectivity index (χ2n) is 4.66. The number of nitrogens with zero attached hydrogens (tertiary/aromatic N) is 1. The largest absolute Gasteiger partial charge is 0.310 e. The minimum atomic E-state index is -0.0966. The molecule has 0 radical (unpaired) electrons. The van der Waals surface area contributed by atoms with E-state index in [2.05, 4.69) is 17.2 Å². The first-order valence-electron chi connectivity index (χ1n) is 6.58. The van der Waals surface area contributed by atoms with E-state index >= 15 is 0 Å². The molecule has 1 atom stereocenters. The van der Waals surface area contributed by atoms with Crippen LogP contribution in [0.1, 0.15) is 35.4 Å². The van der Waals surface area contributed by atoms with Crippen molar-refractivity contribution in [1.29, 1.82) is 0 Å². The molecule has 0 aliphatic heterocycles. The molecule has 2 aromatic rings. The molecule has 1 aromatic carbocycles. The highest BCUT2D eigenvalue weighted by Gasteiger charge is 2.17. The van der Waals surface area contributed by atoms with Gasteiger partial charge in [0.05, 0.1) is 5.51 Å². The smallest absolute Gasteiger partial charge is 0.130 e. The summed E-state index contributed by atoms with van der Waals surface area (Å²) in [6, 6.07) is 5.61. The molecule has 0 saturated carbocycles. The van der Waals surface area contributed by atoms with Gasteiger partial charge >= 0.3 is 0 Å². The first-order chi connectivity index (χ1) is 9.22. The van der Waals surface area contributed by atoms with Crippen molar-refractivity contribution in [2.24, 2.45) is 0 Å². The molecule has 0 saturated heterocycles. The van der Waals surface area contributed by atoms with Gasteiger partial charge in [-0.15, -0.1) is 11.3 Å². The maximum absolute atomic E-state index is 14.3. The predicted molar refractivity (Wildman–Crippen MR) is 78.0 cm³/mol. The maximum atomic E-state index is 14.3. The zero-order chi connectivity index (χ0) is 13.7. The monoisotopic (exact) mass is 278 g/mol. The van der Waals surface area contributed by atoms with Gasteiger partial charge in [-0.05, 0) is 25.5 Å². The minimum absolute atomic E-state index is 0.0142. The molecule has 19 heavy (non-hydrogen) atoms. The van der Waals surface area contributed by atoms with E-state index in [4.69, 9.17) is 0 Å². The lowest BCUT2D eigenvalue weighted by molar-refractivity contribution is 0.496. The van der Waals surface area contributed by atoms with E-state index in [-0.39, 0.29) is 11.9 Å². The Morgan fingerprint density at radius 2 is 2.26 bits per heavy atom. The summed E-state index contributed by atoms with van der Waals surface area (Å²) in [6.07, 6.45) is 3.68. The van der Waals surface area contributed by atoms with Crippen molar-refractivity contribution in [2.75, 3.05) is 6.54 Å². The Labute approximate surface area is 117 Å². The molecule has 0 bridgehead atoms. The Kier molecular flexibility index (Phi) is 5.05. The first kappa shape index (κ1) is 14.2. The van der Waals surface area contributed by atoms with Crippen LogP contribution in [0.5, 0.6) is 0 Å². The number of hydrogen-bond acceptors (Lipinski definition) is 3. The summed E-state index contributed by atoms with van der Waals surface area (Å²) in [7, 11) is 0. The molecule has 102 valence electrons. The summed E-state index contributed by atoms with van der Waals surface area (Å²) in [5.74, 6) is -0.0966. The van der Waals surface area contributed by atoms with Gasteiger partial charge in [-0.2, -0.15) is 0 Å². The van der Waals surface area contributed by atoms with E-state index in [1.54, 1.807) is 11.3 Å². The van der Waals surface area contributed by atoms with E-state index < -0.39 is 0 Å². The van der Waals surface area contributed by atoms with Gasteiger partial charge < -0.3 is 5.32 Å². The average Bonchev–Trinajstić information content (AvgIpc) is 2.91. The standard InChI is InChI=1S/C15H19FN2S/c1-3-7-18-14(8-12-9-17-10-19-12)13-6-4-5-11(2)15(13)16/h4-6,9-10,14,18H,3,7-8H2,1-2H3. The van der Waals surface area contributed by atoms with Crippen LogP contribution < -0.4 is 5.32 Å². The van der Waals surface area contributed by atoms with Gasteiger partial charge in [-0.3, -0.25) is 4.98 Å². The van der Waals surface area contributed by atoms with Gasteiger partial charge in [0.15, 0.2) is 0 Å². The van der Waals surface area contributed by atoms with Crippen LogP contribution in [0.4, 0.5) is 4.39 Å². The topological polar surface area (TPSA) is 24.9 Å². The van der Waals surface area contributed by atoms with Crippen LogP contribution in [0.25, 0.3) is 0 Å². The number of aryl methyl sites for hydroxylation is 1. The quantitative estimate of drug-likeness (QED) is 0.867. The third-order valence-electron chi connectivity index (χ3n) is 3.13. The van der Waals surface area contributed by atoms with Gasteiger partial charge in [-0.25, -0.2) is 4.39 Å². The Morgan fingerprint density at radius 3 is 2.95 bits per heavy atom. The third-order valence-corrected chi connectivity index (χ3v) is 3.93. The second-order valence-corrected chi connectivity index (χ2v) is 5.63. The van der Waals surface area contributed by atoms with Gasteiger partial charge in [0.25, 0.3) is 0 Å². The summed E-state index contributed by atoms with van der Waals surface area (Å²) < 4.78 is 14.3. The van der Waals surface area contributed by atoms with E-state index in [9.17, 15) is 4.39 Å². The maximum Gasteiger partial charge on any atom is 0.130 e. The van der Waals surface area contributed by atoms with Crippen molar-refractivity contribution in [1.82, 2.24) is 10.3 Å². The highest BCUT2D eigenvalue weighted by molar-refractivity contribution is 7.09. The number of rotatable bonds is 6. The Hall–Kier alpha value is -1.26. The number of aromatic nitrogens is 1. The average molecular weight is 278 g/mol. The van der Waals surface area contributed by atoms with Crippen LogP contribution in [0.2, 0.25) is 0 Å². The molecule has 0 spiro atoms. The number of thiazole rings is 1. The fourth-order valence-corrected chi connectivity index (χ4v) is 2.74. The molecule has 1 N–H and O–H groups in total. The summed E-state index contributed by atoms with van der Waals surface area (Å²) >= 11 is 1.62. The molecule has 1 heterocycles. The van der Waals surface area contributed by atoms with E-state index in [0.717, 1.165) is 24.9 Å². The van der Waals surface area contributed by atoms with Crippen molar-refractivity contribution in [3.05, 3.63) is 51.7 Å². The minimum Gasteiger partial charge on any atom is -0.310 e. The number of halogens is 1. The zero-order valence-corrected chi connectivity index (χ0v) is 12.1. The van der Waals surface area contributed by atoms with Crippen molar-refractivity contribution < 1.29 is 4.39 Å². The zero-order valence-electron chi connectivity index (χ0n) is 11.3. The van der Waals surface area contributed by atoms with Crippen molar-refractivity contribution in [3.8, 4) is 0 Å². The molecule has 0 amide bonds. The molecule has 0 aliphatic rings. The highest BCUT2D eigenvalue weighted by Crippen LogP contribution is 2.24. The number of nitrogens with one attached hydrogen (secondary N) is 1.